The maximum absolute atomic E-state index is 13.4. The maximum atomic E-state index is 13.4. The smallest absolute Gasteiger partial charge is 0.339 e. The van der Waals surface area contributed by atoms with E-state index in [9.17, 15) is 13.6 Å². The van der Waals surface area contributed by atoms with E-state index in [-0.39, 0.29) is 12.4 Å². The van der Waals surface area contributed by atoms with E-state index in [2.05, 4.69) is 4.98 Å². The number of rotatable bonds is 4. The van der Waals surface area contributed by atoms with E-state index in [1.54, 1.807) is 36.4 Å². The second kappa shape index (κ2) is 6.55. The van der Waals surface area contributed by atoms with Gasteiger partial charge in [-0.25, -0.2) is 9.78 Å². The van der Waals surface area contributed by atoms with Gasteiger partial charge >= 0.3 is 12.5 Å². The molecule has 0 amide bonds. The largest absolute Gasteiger partial charge is 0.454 e. The first kappa shape index (κ1) is 16.2. The third-order valence-corrected chi connectivity index (χ3v) is 4.21. The summed E-state index contributed by atoms with van der Waals surface area (Å²) in [5.74, 6) is -0.565. The number of carbonyl (C=O) groups is 1. The third-order valence-electron chi connectivity index (χ3n) is 4.21. The molecule has 0 saturated heterocycles. The van der Waals surface area contributed by atoms with Crippen LogP contribution in [0.15, 0.2) is 66.7 Å². The summed E-state index contributed by atoms with van der Waals surface area (Å²) in [6.07, 6.45) is 0. The van der Waals surface area contributed by atoms with E-state index >= 15 is 0 Å². The minimum absolute atomic E-state index is 0.00906. The van der Waals surface area contributed by atoms with Crippen LogP contribution in [0.4, 0.5) is 8.78 Å². The summed E-state index contributed by atoms with van der Waals surface area (Å²) in [7, 11) is 0. The lowest BCUT2D eigenvalue weighted by atomic mass is 10.1. The first-order chi connectivity index (χ1) is 12.6. The fourth-order valence-electron chi connectivity index (χ4n) is 3.03. The Kier molecular flexibility index (Phi) is 4.08. The molecule has 0 unspecified atom stereocenters. The van der Waals surface area contributed by atoms with Gasteiger partial charge in [-0.3, -0.25) is 4.57 Å². The van der Waals surface area contributed by atoms with Gasteiger partial charge in [0.2, 0.25) is 0 Å². The summed E-state index contributed by atoms with van der Waals surface area (Å²) in [5, 5.41) is 1.66. The zero-order chi connectivity index (χ0) is 18.1. The van der Waals surface area contributed by atoms with Crippen molar-refractivity contribution in [3.05, 3.63) is 78.1 Å². The molecular weight excluding hydrogens is 338 g/mol. The number of aromatic nitrogens is 2. The predicted octanol–water partition coefficient (Wildman–Crippen LogP) is 4.94. The molecule has 0 bridgehead atoms. The van der Waals surface area contributed by atoms with Crippen molar-refractivity contribution < 1.29 is 18.3 Å². The molecule has 0 saturated carbocycles. The van der Waals surface area contributed by atoms with E-state index in [1.807, 2.05) is 30.3 Å². The second-order valence-corrected chi connectivity index (χ2v) is 5.77. The van der Waals surface area contributed by atoms with Gasteiger partial charge in [-0.1, -0.05) is 48.5 Å². The van der Waals surface area contributed by atoms with Gasteiger partial charge in [-0.2, -0.15) is 8.78 Å². The molecule has 0 spiro atoms. The van der Waals surface area contributed by atoms with Crippen molar-refractivity contribution in [1.29, 1.82) is 0 Å². The normalized spacial score (nSPS) is 11.3. The van der Waals surface area contributed by atoms with Crippen LogP contribution in [-0.4, -0.2) is 15.5 Å². The number of hydrogen-bond acceptors (Lipinski definition) is 3. The molecule has 26 heavy (non-hydrogen) atoms. The Balaban J connectivity index is 1.64. The quantitative estimate of drug-likeness (QED) is 0.489. The lowest BCUT2D eigenvalue weighted by Crippen LogP contribution is -2.11. The standard InChI is InChI=1S/C20H14F2N2O2/c21-20(22)24-17-11-4-3-10-16(17)23-18(24)12-26-19(25)15-9-5-7-13-6-1-2-8-14(13)15/h1-11,20H,12H2. The van der Waals surface area contributed by atoms with Crippen LogP contribution in [0.2, 0.25) is 0 Å². The van der Waals surface area contributed by atoms with Crippen molar-refractivity contribution in [2.75, 3.05) is 0 Å². The molecule has 0 aliphatic carbocycles. The zero-order valence-corrected chi connectivity index (χ0v) is 13.6. The van der Waals surface area contributed by atoms with Gasteiger partial charge in [-0.15, -0.1) is 0 Å². The van der Waals surface area contributed by atoms with Crippen molar-refractivity contribution in [2.24, 2.45) is 0 Å². The highest BCUT2D eigenvalue weighted by molar-refractivity contribution is 6.04. The average Bonchev–Trinajstić information content (AvgIpc) is 3.04. The van der Waals surface area contributed by atoms with Crippen molar-refractivity contribution in [3.63, 3.8) is 0 Å². The zero-order valence-electron chi connectivity index (χ0n) is 13.6. The number of nitrogens with zero attached hydrogens (tertiary/aromatic N) is 2. The highest BCUT2D eigenvalue weighted by Gasteiger charge is 2.19. The van der Waals surface area contributed by atoms with Gasteiger partial charge in [0.15, 0.2) is 5.82 Å². The summed E-state index contributed by atoms with van der Waals surface area (Å²) in [4.78, 5) is 16.6. The fraction of sp³-hybridized carbons (Fsp3) is 0.100. The lowest BCUT2D eigenvalue weighted by Gasteiger charge is -2.09. The number of halogens is 2. The highest BCUT2D eigenvalue weighted by atomic mass is 19.3. The van der Waals surface area contributed by atoms with Gasteiger partial charge in [0.1, 0.15) is 6.61 Å². The second-order valence-electron chi connectivity index (χ2n) is 5.77. The van der Waals surface area contributed by atoms with Crippen LogP contribution in [0, 0.1) is 0 Å². The van der Waals surface area contributed by atoms with Crippen LogP contribution in [0.1, 0.15) is 22.7 Å². The Morgan fingerprint density at radius 1 is 1.00 bits per heavy atom. The molecule has 3 aromatic carbocycles. The Bertz CT molecular complexity index is 1100. The van der Waals surface area contributed by atoms with E-state index < -0.39 is 12.5 Å². The SMILES string of the molecule is O=C(OCc1nc2ccccc2n1C(F)F)c1cccc2ccccc12. The molecule has 0 aliphatic rings. The number of alkyl halides is 2. The molecule has 0 fully saturated rings. The average molecular weight is 352 g/mol. The Morgan fingerprint density at radius 2 is 1.73 bits per heavy atom. The first-order valence-corrected chi connectivity index (χ1v) is 8.04. The number of esters is 1. The molecule has 4 rings (SSSR count). The monoisotopic (exact) mass is 352 g/mol. The van der Waals surface area contributed by atoms with Crippen LogP contribution in [0.3, 0.4) is 0 Å². The van der Waals surface area contributed by atoms with E-state index in [0.717, 1.165) is 15.3 Å². The molecular formula is C20H14F2N2O2. The van der Waals surface area contributed by atoms with Gasteiger partial charge in [0.25, 0.3) is 0 Å². The lowest BCUT2D eigenvalue weighted by molar-refractivity contribution is 0.0389. The Hall–Kier alpha value is -3.28. The van der Waals surface area contributed by atoms with E-state index in [1.165, 1.54) is 0 Å². The number of carbonyl (C=O) groups excluding carboxylic acids is 1. The van der Waals surface area contributed by atoms with Gasteiger partial charge in [0, 0.05) is 0 Å². The summed E-state index contributed by atoms with van der Waals surface area (Å²) >= 11 is 0. The van der Waals surface area contributed by atoms with Gasteiger partial charge in [-0.05, 0) is 29.0 Å². The van der Waals surface area contributed by atoms with E-state index in [0.29, 0.717) is 16.6 Å². The minimum atomic E-state index is -2.77. The van der Waals surface area contributed by atoms with Crippen LogP contribution in [0.5, 0.6) is 0 Å². The highest BCUT2D eigenvalue weighted by Crippen LogP contribution is 2.24. The molecule has 1 aromatic heterocycles. The molecule has 0 aliphatic heterocycles. The van der Waals surface area contributed by atoms with Crippen molar-refractivity contribution in [1.82, 2.24) is 9.55 Å². The number of hydrogen-bond donors (Lipinski definition) is 0. The summed E-state index contributed by atoms with van der Waals surface area (Å²) < 4.78 is 32.9. The summed E-state index contributed by atoms with van der Waals surface area (Å²) in [6.45, 7) is -3.10. The molecule has 0 N–H and O–H groups in total. The fourth-order valence-corrected chi connectivity index (χ4v) is 3.03. The molecule has 4 nitrogen and oxygen atoms in total. The molecule has 0 atom stereocenters. The third kappa shape index (κ3) is 2.79. The van der Waals surface area contributed by atoms with Gasteiger partial charge in [0.05, 0.1) is 16.6 Å². The van der Waals surface area contributed by atoms with Crippen molar-refractivity contribution in [2.45, 2.75) is 13.2 Å². The first-order valence-electron chi connectivity index (χ1n) is 8.04. The number of para-hydroxylation sites is 2. The summed E-state index contributed by atoms with van der Waals surface area (Å²) in [6, 6.07) is 19.3. The van der Waals surface area contributed by atoms with E-state index in [4.69, 9.17) is 4.74 Å². The number of ether oxygens (including phenoxy) is 1. The van der Waals surface area contributed by atoms with Crippen molar-refractivity contribution in [3.8, 4) is 0 Å². The van der Waals surface area contributed by atoms with Crippen molar-refractivity contribution >= 4 is 27.8 Å². The molecule has 130 valence electrons. The van der Waals surface area contributed by atoms with Crippen LogP contribution >= 0.6 is 0 Å². The Labute approximate surface area is 147 Å². The minimum Gasteiger partial charge on any atom is -0.454 e. The maximum Gasteiger partial charge on any atom is 0.339 e. The molecule has 4 aromatic rings. The molecule has 1 heterocycles. The number of imidazole rings is 1. The number of fused-ring (bicyclic) bond motifs is 2. The number of benzene rings is 3. The van der Waals surface area contributed by atoms with Crippen LogP contribution < -0.4 is 0 Å². The summed E-state index contributed by atoms with van der Waals surface area (Å²) in [5.41, 5.74) is 1.13. The topological polar surface area (TPSA) is 44.1 Å². The predicted molar refractivity (Wildman–Crippen MR) is 94.1 cm³/mol. The molecule has 0 radical (unpaired) electrons. The van der Waals surface area contributed by atoms with Gasteiger partial charge < -0.3 is 4.74 Å². The van der Waals surface area contributed by atoms with Crippen LogP contribution in [0.25, 0.3) is 21.8 Å². The Morgan fingerprint density at radius 3 is 2.58 bits per heavy atom. The molecule has 6 heteroatoms. The van der Waals surface area contributed by atoms with Crippen LogP contribution in [-0.2, 0) is 11.3 Å².